The third-order valence-corrected chi connectivity index (χ3v) is 7.02. The van der Waals surface area contributed by atoms with E-state index >= 15 is 0 Å². The van der Waals surface area contributed by atoms with Crippen molar-refractivity contribution in [3.8, 4) is 0 Å². The van der Waals surface area contributed by atoms with E-state index in [-0.39, 0.29) is 17.8 Å². The second-order valence-electron chi connectivity index (χ2n) is 7.92. The Bertz CT molecular complexity index is 689. The Morgan fingerprint density at radius 3 is 2.43 bits per heavy atom. The summed E-state index contributed by atoms with van der Waals surface area (Å²) < 4.78 is 7.48. The fraction of sp³-hybridized carbons (Fsp3) is 0.762. The molecule has 1 aromatic rings. The molecule has 0 aromatic carbocycles. The zero-order valence-electron chi connectivity index (χ0n) is 17.4. The van der Waals surface area contributed by atoms with Crippen LogP contribution in [0.5, 0.6) is 0 Å². The fourth-order valence-electron chi connectivity index (χ4n) is 4.31. The first-order chi connectivity index (χ1) is 13.5. The number of esters is 1. The van der Waals surface area contributed by atoms with Crippen LogP contribution >= 0.6 is 11.8 Å². The van der Waals surface area contributed by atoms with E-state index in [1.165, 1.54) is 37.8 Å². The van der Waals surface area contributed by atoms with E-state index in [9.17, 15) is 9.59 Å². The van der Waals surface area contributed by atoms with Crippen LogP contribution in [0.15, 0.2) is 5.16 Å². The number of hydrogen-bond donors (Lipinski definition) is 0. The molecule has 2 aliphatic rings. The summed E-state index contributed by atoms with van der Waals surface area (Å²) in [5.41, 5.74) is 2.30. The molecule has 3 rings (SSSR count). The lowest BCUT2D eigenvalue weighted by Gasteiger charge is -2.31. The van der Waals surface area contributed by atoms with Crippen LogP contribution in [0.4, 0.5) is 0 Å². The Hall–Kier alpha value is -1.50. The molecule has 0 N–H and O–H groups in total. The number of hydrogen-bond acceptors (Lipinski definition) is 5. The zero-order valence-corrected chi connectivity index (χ0v) is 18.2. The Labute approximate surface area is 172 Å². The molecule has 0 spiro atoms. The lowest BCUT2D eigenvalue weighted by Crippen LogP contribution is -2.41. The molecule has 1 saturated heterocycles. The number of carbonyl (C=O) groups excluding carboxylic acids is 2. The Morgan fingerprint density at radius 1 is 1.11 bits per heavy atom. The van der Waals surface area contributed by atoms with E-state index < -0.39 is 0 Å². The molecule has 0 bridgehead atoms. The van der Waals surface area contributed by atoms with Crippen LogP contribution in [-0.4, -0.2) is 51.8 Å². The van der Waals surface area contributed by atoms with E-state index in [2.05, 4.69) is 18.4 Å². The normalized spacial score (nSPS) is 19.0. The molecular weight excluding hydrogens is 374 g/mol. The van der Waals surface area contributed by atoms with Crippen molar-refractivity contribution in [1.82, 2.24) is 14.5 Å². The Morgan fingerprint density at radius 2 is 1.79 bits per heavy atom. The van der Waals surface area contributed by atoms with E-state index in [4.69, 9.17) is 9.72 Å². The second kappa shape index (κ2) is 9.81. The third kappa shape index (κ3) is 4.91. The highest BCUT2D eigenvalue weighted by molar-refractivity contribution is 7.99. The molecule has 1 saturated carbocycles. The molecule has 28 heavy (non-hydrogen) atoms. The van der Waals surface area contributed by atoms with Crippen molar-refractivity contribution in [3.05, 3.63) is 11.4 Å². The average molecular weight is 408 g/mol. The van der Waals surface area contributed by atoms with Crippen LogP contribution in [0, 0.1) is 19.8 Å². The zero-order chi connectivity index (χ0) is 20.1. The molecule has 7 heteroatoms. The Kier molecular flexibility index (Phi) is 7.43. The van der Waals surface area contributed by atoms with Gasteiger partial charge in [0, 0.05) is 24.8 Å². The lowest BCUT2D eigenvalue weighted by molar-refractivity contribution is -0.151. The monoisotopic (exact) mass is 407 g/mol. The number of amides is 1. The molecule has 1 aliphatic carbocycles. The summed E-state index contributed by atoms with van der Waals surface area (Å²) in [6.07, 6.45) is 7.69. The van der Waals surface area contributed by atoms with Crippen molar-refractivity contribution in [2.75, 3.05) is 25.4 Å². The predicted molar refractivity (Wildman–Crippen MR) is 110 cm³/mol. The van der Waals surface area contributed by atoms with Gasteiger partial charge >= 0.3 is 5.97 Å². The summed E-state index contributed by atoms with van der Waals surface area (Å²) in [7, 11) is 0. The highest BCUT2D eigenvalue weighted by Crippen LogP contribution is 2.34. The number of likely N-dealkylation sites (tertiary alicyclic amines) is 1. The topological polar surface area (TPSA) is 64.4 Å². The predicted octanol–water partition coefficient (Wildman–Crippen LogP) is 3.90. The molecule has 1 amide bonds. The van der Waals surface area contributed by atoms with Crippen LogP contribution in [0.25, 0.3) is 0 Å². The van der Waals surface area contributed by atoms with Gasteiger partial charge in [-0.05, 0) is 46.5 Å². The highest BCUT2D eigenvalue weighted by atomic mass is 32.2. The molecule has 1 aromatic heterocycles. The van der Waals surface area contributed by atoms with Gasteiger partial charge in [0.2, 0.25) is 5.91 Å². The molecule has 156 valence electrons. The molecule has 0 radical (unpaired) electrons. The molecular formula is C21H33N3O3S. The molecule has 0 atom stereocenters. The summed E-state index contributed by atoms with van der Waals surface area (Å²) in [5, 5.41) is 0.983. The number of carbonyl (C=O) groups is 2. The van der Waals surface area contributed by atoms with Gasteiger partial charge < -0.3 is 14.2 Å². The van der Waals surface area contributed by atoms with E-state index in [1.807, 2.05) is 11.8 Å². The molecule has 2 fully saturated rings. The molecule has 1 aliphatic heterocycles. The fourth-order valence-corrected chi connectivity index (χ4v) is 5.37. The smallest absolute Gasteiger partial charge is 0.309 e. The van der Waals surface area contributed by atoms with Crippen molar-refractivity contribution in [2.24, 2.45) is 5.92 Å². The minimum absolute atomic E-state index is 0.0628. The van der Waals surface area contributed by atoms with Gasteiger partial charge in [-0.25, -0.2) is 4.98 Å². The van der Waals surface area contributed by atoms with Crippen LogP contribution in [0.2, 0.25) is 0 Å². The first-order valence-corrected chi connectivity index (χ1v) is 11.6. The van der Waals surface area contributed by atoms with Crippen molar-refractivity contribution in [1.29, 1.82) is 0 Å². The number of rotatable bonds is 6. The number of thioether (sulfide) groups is 1. The second-order valence-corrected chi connectivity index (χ2v) is 8.87. The van der Waals surface area contributed by atoms with Gasteiger partial charge in [-0.2, -0.15) is 0 Å². The SMILES string of the molecule is CCOC(=O)C1CCN(C(=O)CSc2nc(C)c(C)n2C2CCCCC2)CC1. The molecule has 2 heterocycles. The number of ether oxygens (including phenoxy) is 1. The first-order valence-electron chi connectivity index (χ1n) is 10.6. The summed E-state index contributed by atoms with van der Waals surface area (Å²) in [6, 6.07) is 0.521. The van der Waals surface area contributed by atoms with Crippen LogP contribution < -0.4 is 0 Å². The van der Waals surface area contributed by atoms with Crippen LogP contribution in [-0.2, 0) is 14.3 Å². The van der Waals surface area contributed by atoms with Gasteiger partial charge in [0.1, 0.15) is 0 Å². The van der Waals surface area contributed by atoms with Gasteiger partial charge in [-0.1, -0.05) is 31.0 Å². The summed E-state index contributed by atoms with van der Waals surface area (Å²) in [6.45, 7) is 7.72. The number of imidazole rings is 1. The van der Waals surface area contributed by atoms with E-state index in [0.717, 1.165) is 10.9 Å². The maximum atomic E-state index is 12.7. The minimum atomic E-state index is -0.121. The van der Waals surface area contributed by atoms with E-state index in [0.29, 0.717) is 44.3 Å². The number of piperidine rings is 1. The van der Waals surface area contributed by atoms with E-state index in [1.54, 1.807) is 11.8 Å². The largest absolute Gasteiger partial charge is 0.466 e. The maximum absolute atomic E-state index is 12.7. The summed E-state index contributed by atoms with van der Waals surface area (Å²) in [4.78, 5) is 31.2. The average Bonchev–Trinajstić information content (AvgIpc) is 3.00. The Balaban J connectivity index is 1.55. The van der Waals surface area contributed by atoms with Crippen molar-refractivity contribution < 1.29 is 14.3 Å². The summed E-state index contributed by atoms with van der Waals surface area (Å²) >= 11 is 1.56. The van der Waals surface area contributed by atoms with Gasteiger partial charge in [0.05, 0.1) is 24.0 Å². The van der Waals surface area contributed by atoms with Gasteiger partial charge in [0.25, 0.3) is 0 Å². The number of aromatic nitrogens is 2. The number of aryl methyl sites for hydroxylation is 1. The van der Waals surface area contributed by atoms with Crippen molar-refractivity contribution in [2.45, 2.75) is 76.9 Å². The van der Waals surface area contributed by atoms with Gasteiger partial charge in [-0.15, -0.1) is 0 Å². The quantitative estimate of drug-likeness (QED) is 0.529. The number of nitrogens with zero attached hydrogens (tertiary/aromatic N) is 3. The van der Waals surface area contributed by atoms with Crippen LogP contribution in [0.1, 0.15) is 69.3 Å². The van der Waals surface area contributed by atoms with Crippen LogP contribution in [0.3, 0.4) is 0 Å². The molecule has 6 nitrogen and oxygen atoms in total. The minimum Gasteiger partial charge on any atom is -0.466 e. The first kappa shape index (κ1) is 21.2. The van der Waals surface area contributed by atoms with Gasteiger partial charge in [0.15, 0.2) is 5.16 Å². The standard InChI is InChI=1S/C21H33N3O3S/c1-4-27-20(26)17-10-12-23(13-11-17)19(25)14-28-21-22-15(2)16(3)24(21)18-8-6-5-7-9-18/h17-18H,4-14H2,1-3H3. The van der Waals surface area contributed by atoms with Crippen molar-refractivity contribution in [3.63, 3.8) is 0 Å². The van der Waals surface area contributed by atoms with Gasteiger partial charge in [-0.3, -0.25) is 9.59 Å². The van der Waals surface area contributed by atoms with Crippen molar-refractivity contribution >= 4 is 23.6 Å². The maximum Gasteiger partial charge on any atom is 0.309 e. The molecule has 0 unspecified atom stereocenters. The third-order valence-electron chi connectivity index (χ3n) is 6.09. The lowest BCUT2D eigenvalue weighted by atomic mass is 9.95. The highest BCUT2D eigenvalue weighted by Gasteiger charge is 2.29. The summed E-state index contributed by atoms with van der Waals surface area (Å²) in [5.74, 6) is 0.365.